The summed E-state index contributed by atoms with van der Waals surface area (Å²) in [6, 6.07) is 2.31. The summed E-state index contributed by atoms with van der Waals surface area (Å²) in [6.07, 6.45) is -2.53. The van der Waals surface area contributed by atoms with E-state index in [1.54, 1.807) is 0 Å². The van der Waals surface area contributed by atoms with Crippen LogP contribution in [0.2, 0.25) is 0 Å². The lowest BCUT2D eigenvalue weighted by molar-refractivity contribution is -0.189. The van der Waals surface area contributed by atoms with Gasteiger partial charge in [-0.05, 0) is 12.1 Å². The third-order valence-corrected chi connectivity index (χ3v) is 1.09. The highest BCUT2D eigenvalue weighted by Gasteiger charge is 2.41. The highest BCUT2D eigenvalue weighted by Crippen LogP contribution is 2.18. The van der Waals surface area contributed by atoms with Gasteiger partial charge in [0, 0.05) is 12.4 Å². The predicted octanol–water partition coefficient (Wildman–Crippen LogP) is 1.55. The van der Waals surface area contributed by atoms with E-state index in [0.717, 1.165) is 12.1 Å². The fourth-order valence-electron chi connectivity index (χ4n) is 0.571. The van der Waals surface area contributed by atoms with Gasteiger partial charge in [0.15, 0.2) is 0 Å². The van der Waals surface area contributed by atoms with Gasteiger partial charge in [0.05, 0.1) is 0 Å². The third kappa shape index (κ3) is 2.73. The van der Waals surface area contributed by atoms with Gasteiger partial charge in [0.2, 0.25) is 0 Å². The molecule has 0 aliphatic carbocycles. The number of ether oxygens (including phenoxy) is 1. The molecule has 0 N–H and O–H groups in total. The normalized spacial score (nSPS) is 11.0. The quantitative estimate of drug-likeness (QED) is 0.632. The fraction of sp³-hybridized carbons (Fsp3) is 0.143. The van der Waals surface area contributed by atoms with Crippen LogP contribution in [0.4, 0.5) is 13.2 Å². The number of carbonyl (C=O) groups excluding carboxylic acids is 1. The van der Waals surface area contributed by atoms with Gasteiger partial charge >= 0.3 is 12.1 Å². The first kappa shape index (κ1) is 9.50. The molecule has 0 aliphatic heterocycles. The lowest BCUT2D eigenvalue weighted by Crippen LogP contribution is -2.27. The first-order valence-electron chi connectivity index (χ1n) is 3.19. The molecule has 3 nitrogen and oxygen atoms in total. The summed E-state index contributed by atoms with van der Waals surface area (Å²) >= 11 is 0. The van der Waals surface area contributed by atoms with Crippen molar-refractivity contribution in [1.82, 2.24) is 4.98 Å². The van der Waals surface area contributed by atoms with E-state index >= 15 is 0 Å². The summed E-state index contributed by atoms with van der Waals surface area (Å²) in [7, 11) is 0. The Morgan fingerprint density at radius 3 is 2.31 bits per heavy atom. The van der Waals surface area contributed by atoms with E-state index in [0.29, 0.717) is 0 Å². The molecule has 0 fully saturated rings. The number of hydrogen-bond acceptors (Lipinski definition) is 3. The Morgan fingerprint density at radius 2 is 1.85 bits per heavy atom. The highest BCUT2D eigenvalue weighted by atomic mass is 19.4. The monoisotopic (exact) mass is 191 g/mol. The summed E-state index contributed by atoms with van der Waals surface area (Å²) in [4.78, 5) is 13.8. The first-order valence-corrected chi connectivity index (χ1v) is 3.19. The van der Waals surface area contributed by atoms with Crippen LogP contribution in [0.15, 0.2) is 24.5 Å². The number of halogens is 3. The van der Waals surface area contributed by atoms with Gasteiger partial charge in [-0.2, -0.15) is 13.2 Å². The van der Waals surface area contributed by atoms with Crippen LogP contribution < -0.4 is 4.74 Å². The van der Waals surface area contributed by atoms with E-state index < -0.39 is 12.1 Å². The zero-order valence-corrected chi connectivity index (χ0v) is 6.21. The molecule has 0 amide bonds. The summed E-state index contributed by atoms with van der Waals surface area (Å²) in [5, 5.41) is 0. The van der Waals surface area contributed by atoms with E-state index in [-0.39, 0.29) is 5.75 Å². The van der Waals surface area contributed by atoms with Crippen molar-refractivity contribution < 1.29 is 22.7 Å². The topological polar surface area (TPSA) is 39.2 Å². The molecular formula is C7H4F3NO2. The van der Waals surface area contributed by atoms with Gasteiger partial charge in [-0.25, -0.2) is 4.79 Å². The van der Waals surface area contributed by atoms with Crippen molar-refractivity contribution in [3.63, 3.8) is 0 Å². The van der Waals surface area contributed by atoms with E-state index in [1.807, 2.05) is 0 Å². The van der Waals surface area contributed by atoms with Gasteiger partial charge < -0.3 is 4.74 Å². The molecule has 0 unspecified atom stereocenters. The van der Waals surface area contributed by atoms with Gasteiger partial charge in [0.25, 0.3) is 0 Å². The smallest absolute Gasteiger partial charge is 0.420 e. The van der Waals surface area contributed by atoms with E-state index in [9.17, 15) is 18.0 Å². The Kier molecular flexibility index (Phi) is 2.50. The van der Waals surface area contributed by atoms with Crippen molar-refractivity contribution in [1.29, 1.82) is 0 Å². The van der Waals surface area contributed by atoms with Crippen molar-refractivity contribution in [2.24, 2.45) is 0 Å². The Morgan fingerprint density at radius 1 is 1.31 bits per heavy atom. The average molecular weight is 191 g/mol. The molecule has 1 aromatic heterocycles. The minimum absolute atomic E-state index is 0.183. The standard InChI is InChI=1S/C7H4F3NO2/c8-7(9,10)6(12)13-5-1-3-11-4-2-5/h1-4H. The van der Waals surface area contributed by atoms with Crippen LogP contribution in [0, 0.1) is 0 Å². The van der Waals surface area contributed by atoms with Crippen LogP contribution in [0.1, 0.15) is 0 Å². The van der Waals surface area contributed by atoms with Crippen molar-refractivity contribution >= 4 is 5.97 Å². The number of esters is 1. The summed E-state index contributed by atoms with van der Waals surface area (Å²) in [5.41, 5.74) is 0. The number of rotatable bonds is 1. The number of nitrogens with zero attached hydrogens (tertiary/aromatic N) is 1. The maximum atomic E-state index is 11.6. The van der Waals surface area contributed by atoms with Gasteiger partial charge in [-0.15, -0.1) is 0 Å². The Hall–Kier alpha value is -1.59. The zero-order valence-electron chi connectivity index (χ0n) is 6.21. The SMILES string of the molecule is O=C(Oc1ccncc1)C(F)(F)F. The van der Waals surface area contributed by atoms with E-state index in [4.69, 9.17) is 0 Å². The number of hydrogen-bond donors (Lipinski definition) is 0. The lowest BCUT2D eigenvalue weighted by Gasteiger charge is -2.05. The Balaban J connectivity index is 2.66. The minimum atomic E-state index is -4.97. The molecule has 0 atom stereocenters. The first-order chi connectivity index (χ1) is 6.00. The van der Waals surface area contributed by atoms with Crippen molar-refractivity contribution in [2.75, 3.05) is 0 Å². The van der Waals surface area contributed by atoms with Crippen LogP contribution in [0.3, 0.4) is 0 Å². The molecule has 0 saturated heterocycles. The fourth-order valence-corrected chi connectivity index (χ4v) is 0.571. The van der Waals surface area contributed by atoms with E-state index in [2.05, 4.69) is 9.72 Å². The highest BCUT2D eigenvalue weighted by molar-refractivity contribution is 5.78. The molecule has 0 spiro atoms. The molecule has 0 bridgehead atoms. The third-order valence-electron chi connectivity index (χ3n) is 1.09. The Labute approximate surface area is 71.2 Å². The van der Waals surface area contributed by atoms with Gasteiger partial charge in [-0.1, -0.05) is 0 Å². The maximum absolute atomic E-state index is 11.6. The second kappa shape index (κ2) is 3.42. The van der Waals surface area contributed by atoms with Gasteiger partial charge in [-0.3, -0.25) is 4.98 Å². The van der Waals surface area contributed by atoms with Crippen molar-refractivity contribution in [3.8, 4) is 5.75 Å². The van der Waals surface area contributed by atoms with Crippen LogP contribution in [-0.4, -0.2) is 17.1 Å². The predicted molar refractivity (Wildman–Crippen MR) is 35.9 cm³/mol. The molecule has 0 saturated carbocycles. The molecule has 70 valence electrons. The van der Waals surface area contributed by atoms with Crippen molar-refractivity contribution in [2.45, 2.75) is 6.18 Å². The number of alkyl halides is 3. The van der Waals surface area contributed by atoms with Crippen molar-refractivity contribution in [3.05, 3.63) is 24.5 Å². The molecule has 0 aliphatic rings. The number of carbonyl (C=O) groups is 1. The molecule has 13 heavy (non-hydrogen) atoms. The Bertz CT molecular complexity index is 296. The molecule has 1 heterocycles. The second-order valence-corrected chi connectivity index (χ2v) is 2.07. The summed E-state index contributed by atoms with van der Waals surface area (Å²) in [6.45, 7) is 0. The number of pyridine rings is 1. The van der Waals surface area contributed by atoms with E-state index in [1.165, 1.54) is 12.4 Å². The van der Waals surface area contributed by atoms with Crippen LogP contribution in [-0.2, 0) is 4.79 Å². The molecule has 1 aromatic rings. The van der Waals surface area contributed by atoms with Crippen LogP contribution in [0.5, 0.6) is 5.75 Å². The second-order valence-electron chi connectivity index (χ2n) is 2.07. The molecule has 0 radical (unpaired) electrons. The van der Waals surface area contributed by atoms with Gasteiger partial charge in [0.1, 0.15) is 5.75 Å². The molecule has 0 aromatic carbocycles. The molecular weight excluding hydrogens is 187 g/mol. The largest absolute Gasteiger partial charge is 0.491 e. The summed E-state index contributed by atoms with van der Waals surface area (Å²) < 4.78 is 38.9. The summed E-state index contributed by atoms with van der Waals surface area (Å²) in [5.74, 6) is -2.42. The number of aromatic nitrogens is 1. The maximum Gasteiger partial charge on any atom is 0.491 e. The van der Waals surface area contributed by atoms with Crippen LogP contribution >= 0.6 is 0 Å². The average Bonchev–Trinajstić information content (AvgIpc) is 2.04. The zero-order chi connectivity index (χ0) is 9.90. The molecule has 6 heteroatoms. The van der Waals surface area contributed by atoms with Crippen LogP contribution in [0.25, 0.3) is 0 Å². The molecule has 1 rings (SSSR count). The lowest BCUT2D eigenvalue weighted by atomic mass is 10.4. The minimum Gasteiger partial charge on any atom is -0.420 e.